The number of benzene rings is 1. The summed E-state index contributed by atoms with van der Waals surface area (Å²) in [6.45, 7) is 6.06. The number of H-pyrrole nitrogens is 1. The van der Waals surface area contributed by atoms with Gasteiger partial charge in [-0.1, -0.05) is 12.1 Å². The molecule has 0 unspecified atom stereocenters. The van der Waals surface area contributed by atoms with E-state index in [9.17, 15) is 4.79 Å². The van der Waals surface area contributed by atoms with E-state index in [1.165, 1.54) is 11.3 Å². The Labute approximate surface area is 159 Å². The van der Waals surface area contributed by atoms with Gasteiger partial charge in [0.05, 0.1) is 13.2 Å². The van der Waals surface area contributed by atoms with Crippen LogP contribution < -0.4 is 20.7 Å². The fourth-order valence-electron chi connectivity index (χ4n) is 3.81. The molecule has 3 heterocycles. The van der Waals surface area contributed by atoms with E-state index in [0.717, 1.165) is 58.8 Å². The van der Waals surface area contributed by atoms with Gasteiger partial charge in [0.2, 0.25) is 0 Å². The first-order chi connectivity index (χ1) is 13.3. The number of aromatic nitrogens is 2. The van der Waals surface area contributed by atoms with E-state index in [-0.39, 0.29) is 5.56 Å². The number of anilines is 2. The molecule has 1 aromatic carbocycles. The minimum Gasteiger partial charge on any atom is -0.378 e. The van der Waals surface area contributed by atoms with Gasteiger partial charge in [-0.15, -0.1) is 0 Å². The minimum atomic E-state index is -0.114. The van der Waals surface area contributed by atoms with E-state index in [1.807, 2.05) is 0 Å². The molecule has 0 bridgehead atoms. The Bertz CT molecular complexity index is 785. The maximum atomic E-state index is 12.0. The molecule has 1 atom stereocenters. The second kappa shape index (κ2) is 8.54. The van der Waals surface area contributed by atoms with Crippen LogP contribution in [0.2, 0.25) is 0 Å². The van der Waals surface area contributed by atoms with Crippen LogP contribution >= 0.6 is 0 Å². The molecule has 7 nitrogen and oxygen atoms in total. The van der Waals surface area contributed by atoms with E-state index in [4.69, 9.17) is 4.74 Å². The van der Waals surface area contributed by atoms with E-state index >= 15 is 0 Å². The molecule has 2 saturated heterocycles. The lowest BCUT2D eigenvalue weighted by Gasteiger charge is -2.33. The Morgan fingerprint density at radius 1 is 1.15 bits per heavy atom. The predicted molar refractivity (Wildman–Crippen MR) is 106 cm³/mol. The molecule has 2 aromatic rings. The van der Waals surface area contributed by atoms with Gasteiger partial charge in [-0.05, 0) is 30.5 Å². The van der Waals surface area contributed by atoms with E-state index < -0.39 is 0 Å². The van der Waals surface area contributed by atoms with Gasteiger partial charge in [0.15, 0.2) is 5.82 Å². The number of hydrogen-bond acceptors (Lipinski definition) is 6. The monoisotopic (exact) mass is 369 g/mol. The third kappa shape index (κ3) is 4.48. The zero-order chi connectivity index (χ0) is 18.5. The van der Waals surface area contributed by atoms with Crippen molar-refractivity contribution in [2.45, 2.75) is 25.4 Å². The van der Waals surface area contributed by atoms with E-state index in [2.05, 4.69) is 49.4 Å². The molecule has 0 saturated carbocycles. The molecule has 7 heteroatoms. The van der Waals surface area contributed by atoms with Crippen LogP contribution in [0, 0.1) is 0 Å². The summed E-state index contributed by atoms with van der Waals surface area (Å²) in [5.74, 6) is 0.527. The first kappa shape index (κ1) is 18.0. The normalized spacial score (nSPS) is 20.7. The lowest BCUT2D eigenvalue weighted by molar-refractivity contribution is 0.122. The number of hydrogen-bond donors (Lipinski definition) is 2. The highest BCUT2D eigenvalue weighted by Crippen LogP contribution is 2.18. The summed E-state index contributed by atoms with van der Waals surface area (Å²) in [5, 5.41) is 3.64. The first-order valence-electron chi connectivity index (χ1n) is 9.73. The maximum Gasteiger partial charge on any atom is 0.290 e. The lowest BCUT2D eigenvalue weighted by atomic mass is 10.1. The standard InChI is InChI=1S/C20H27N5O2/c26-20-19(21-7-8-22-20)25-9-1-2-17(15-25)23-14-16-3-5-18(6-4-16)24-10-12-27-13-11-24/h3-8,17,23H,1-2,9-15H2,(H,22,26)/t17-/m1/s1. The Hall–Kier alpha value is -2.38. The molecular weight excluding hydrogens is 342 g/mol. The van der Waals surface area contributed by atoms with Gasteiger partial charge >= 0.3 is 0 Å². The smallest absolute Gasteiger partial charge is 0.290 e. The molecule has 27 heavy (non-hydrogen) atoms. The van der Waals surface area contributed by atoms with Crippen LogP contribution in [0.5, 0.6) is 0 Å². The summed E-state index contributed by atoms with van der Waals surface area (Å²) in [4.78, 5) is 23.4. The fraction of sp³-hybridized carbons (Fsp3) is 0.500. The van der Waals surface area contributed by atoms with E-state index in [1.54, 1.807) is 12.4 Å². The van der Waals surface area contributed by atoms with Gasteiger partial charge in [0.25, 0.3) is 5.56 Å². The number of morpholine rings is 1. The van der Waals surface area contributed by atoms with Crippen LogP contribution in [0.4, 0.5) is 11.5 Å². The van der Waals surface area contributed by atoms with Crippen LogP contribution in [0.15, 0.2) is 41.5 Å². The third-order valence-electron chi connectivity index (χ3n) is 5.32. The first-order valence-corrected chi connectivity index (χ1v) is 9.73. The Morgan fingerprint density at radius 3 is 2.74 bits per heavy atom. The summed E-state index contributed by atoms with van der Waals surface area (Å²) < 4.78 is 5.42. The maximum absolute atomic E-state index is 12.0. The molecule has 144 valence electrons. The van der Waals surface area contributed by atoms with Crippen molar-refractivity contribution in [1.82, 2.24) is 15.3 Å². The quantitative estimate of drug-likeness (QED) is 0.829. The number of nitrogens with zero attached hydrogens (tertiary/aromatic N) is 3. The molecule has 2 aliphatic heterocycles. The zero-order valence-corrected chi connectivity index (χ0v) is 15.6. The number of nitrogens with one attached hydrogen (secondary N) is 2. The number of ether oxygens (including phenoxy) is 1. The average Bonchev–Trinajstić information content (AvgIpc) is 2.74. The second-order valence-electron chi connectivity index (χ2n) is 7.17. The number of aromatic amines is 1. The lowest BCUT2D eigenvalue weighted by Crippen LogP contribution is -2.47. The van der Waals surface area contributed by atoms with Crippen LogP contribution in [-0.2, 0) is 11.3 Å². The molecule has 0 aliphatic carbocycles. The fourth-order valence-corrected chi connectivity index (χ4v) is 3.81. The Kier molecular flexibility index (Phi) is 5.69. The summed E-state index contributed by atoms with van der Waals surface area (Å²) in [5.41, 5.74) is 2.43. The predicted octanol–water partition coefficient (Wildman–Crippen LogP) is 1.37. The van der Waals surface area contributed by atoms with Gasteiger partial charge in [0, 0.05) is 56.8 Å². The molecule has 2 aliphatic rings. The molecule has 1 aromatic heterocycles. The van der Waals surface area contributed by atoms with Crippen LogP contribution in [0.3, 0.4) is 0 Å². The summed E-state index contributed by atoms with van der Waals surface area (Å²) in [7, 11) is 0. The molecule has 0 radical (unpaired) electrons. The van der Waals surface area contributed by atoms with Crippen LogP contribution in [0.1, 0.15) is 18.4 Å². The van der Waals surface area contributed by atoms with Crippen molar-refractivity contribution in [3.8, 4) is 0 Å². The highest BCUT2D eigenvalue weighted by molar-refractivity contribution is 5.48. The molecule has 4 rings (SSSR count). The number of piperidine rings is 1. The molecule has 0 spiro atoms. The number of rotatable bonds is 5. The molecule has 2 N–H and O–H groups in total. The van der Waals surface area contributed by atoms with Gasteiger partial charge < -0.3 is 24.8 Å². The van der Waals surface area contributed by atoms with Gasteiger partial charge in [-0.3, -0.25) is 4.79 Å². The van der Waals surface area contributed by atoms with Crippen molar-refractivity contribution < 1.29 is 4.74 Å². The summed E-state index contributed by atoms with van der Waals surface area (Å²) in [6.07, 6.45) is 5.40. The van der Waals surface area contributed by atoms with Crippen molar-refractivity contribution in [3.05, 3.63) is 52.6 Å². The van der Waals surface area contributed by atoms with Crippen LogP contribution in [-0.4, -0.2) is 55.4 Å². The van der Waals surface area contributed by atoms with E-state index in [0.29, 0.717) is 11.9 Å². The summed E-state index contributed by atoms with van der Waals surface area (Å²) >= 11 is 0. The second-order valence-corrected chi connectivity index (χ2v) is 7.17. The zero-order valence-electron chi connectivity index (χ0n) is 15.6. The molecule has 2 fully saturated rings. The summed E-state index contributed by atoms with van der Waals surface area (Å²) in [6, 6.07) is 9.15. The Morgan fingerprint density at radius 2 is 1.96 bits per heavy atom. The van der Waals surface area contributed by atoms with Crippen molar-refractivity contribution in [1.29, 1.82) is 0 Å². The highest BCUT2D eigenvalue weighted by Gasteiger charge is 2.22. The molecule has 0 amide bonds. The van der Waals surface area contributed by atoms with Crippen molar-refractivity contribution in [2.75, 3.05) is 49.2 Å². The van der Waals surface area contributed by atoms with Crippen molar-refractivity contribution in [2.24, 2.45) is 0 Å². The van der Waals surface area contributed by atoms with Gasteiger partial charge in [-0.2, -0.15) is 0 Å². The minimum absolute atomic E-state index is 0.114. The van der Waals surface area contributed by atoms with Gasteiger partial charge in [-0.25, -0.2) is 4.98 Å². The topological polar surface area (TPSA) is 73.5 Å². The van der Waals surface area contributed by atoms with Crippen molar-refractivity contribution in [3.63, 3.8) is 0 Å². The van der Waals surface area contributed by atoms with Crippen LogP contribution in [0.25, 0.3) is 0 Å². The third-order valence-corrected chi connectivity index (χ3v) is 5.32. The largest absolute Gasteiger partial charge is 0.378 e. The van der Waals surface area contributed by atoms with Gasteiger partial charge in [0.1, 0.15) is 0 Å². The van der Waals surface area contributed by atoms with Crippen molar-refractivity contribution >= 4 is 11.5 Å². The highest BCUT2D eigenvalue weighted by atomic mass is 16.5. The average molecular weight is 369 g/mol. The SMILES string of the molecule is O=c1[nH]ccnc1N1CCC[C@@H](NCc2ccc(N3CCOCC3)cc2)C1. The Balaban J connectivity index is 1.31. The molecular formula is C20H27N5O2.